The predicted molar refractivity (Wildman–Crippen MR) is 76.1 cm³/mol. The number of para-hydroxylation sites is 1. The lowest BCUT2D eigenvalue weighted by Gasteiger charge is -2.18. The Morgan fingerprint density at radius 3 is 2.95 bits per heavy atom. The van der Waals surface area contributed by atoms with E-state index in [1.165, 1.54) is 18.5 Å². The minimum atomic E-state index is -1.04. The van der Waals surface area contributed by atoms with Crippen molar-refractivity contribution in [2.24, 2.45) is 0 Å². The van der Waals surface area contributed by atoms with Crippen molar-refractivity contribution in [1.29, 1.82) is 0 Å². The zero-order chi connectivity index (χ0) is 15.0. The van der Waals surface area contributed by atoms with Gasteiger partial charge in [0, 0.05) is 18.2 Å². The normalized spacial score (nSPS) is 15.1. The molecule has 0 unspecified atom stereocenters. The number of hydrogen-bond acceptors (Lipinski definition) is 4. The molecular weight excluding hydrogens is 270 g/mol. The van der Waals surface area contributed by atoms with Crippen LogP contribution in [0.5, 0.6) is 17.2 Å². The zero-order valence-electron chi connectivity index (χ0n) is 11.8. The molecule has 2 aromatic rings. The Morgan fingerprint density at radius 1 is 1.38 bits per heavy atom. The van der Waals surface area contributed by atoms with Crippen molar-refractivity contribution in [3.63, 3.8) is 0 Å². The second-order valence-corrected chi connectivity index (χ2v) is 5.60. The van der Waals surface area contributed by atoms with Crippen LogP contribution >= 0.6 is 0 Å². The zero-order valence-corrected chi connectivity index (χ0v) is 11.8. The molecule has 0 amide bonds. The van der Waals surface area contributed by atoms with Gasteiger partial charge in [-0.1, -0.05) is 12.1 Å². The summed E-state index contributed by atoms with van der Waals surface area (Å²) in [5.74, 6) is 0.617. The molecule has 108 valence electrons. The first-order chi connectivity index (χ1) is 9.94. The molecule has 1 aliphatic rings. The number of aromatic nitrogens is 1. The van der Waals surface area contributed by atoms with Crippen LogP contribution < -0.4 is 9.47 Å². The van der Waals surface area contributed by atoms with E-state index in [0.29, 0.717) is 17.2 Å². The topological polar surface area (TPSA) is 68.7 Å². The fraction of sp³-hybridized carbons (Fsp3) is 0.250. The quantitative estimate of drug-likeness (QED) is 0.937. The summed E-state index contributed by atoms with van der Waals surface area (Å²) in [6, 6.07) is 7.14. The first-order valence-electron chi connectivity index (χ1n) is 6.62. The molecule has 1 aromatic carbocycles. The van der Waals surface area contributed by atoms with Gasteiger partial charge in [0.2, 0.25) is 0 Å². The Kier molecular flexibility index (Phi) is 3.05. The fourth-order valence-corrected chi connectivity index (χ4v) is 2.39. The Labute approximate surface area is 122 Å². The number of carboxylic acid groups (broad SMARTS) is 1. The lowest BCUT2D eigenvalue weighted by molar-refractivity contribution is 0.0696. The Morgan fingerprint density at radius 2 is 2.19 bits per heavy atom. The Bertz CT molecular complexity index is 709. The van der Waals surface area contributed by atoms with Crippen LogP contribution in [0.4, 0.5) is 0 Å². The van der Waals surface area contributed by atoms with Gasteiger partial charge < -0.3 is 14.6 Å². The van der Waals surface area contributed by atoms with Gasteiger partial charge in [0.15, 0.2) is 11.5 Å². The van der Waals surface area contributed by atoms with E-state index >= 15 is 0 Å². The monoisotopic (exact) mass is 285 g/mol. The molecule has 0 saturated carbocycles. The van der Waals surface area contributed by atoms with Crippen molar-refractivity contribution in [2.75, 3.05) is 0 Å². The van der Waals surface area contributed by atoms with Crippen molar-refractivity contribution >= 4 is 5.97 Å². The number of fused-ring (bicyclic) bond motifs is 1. The van der Waals surface area contributed by atoms with Crippen LogP contribution in [0.1, 0.15) is 29.8 Å². The first kappa shape index (κ1) is 13.4. The average molecular weight is 285 g/mol. The van der Waals surface area contributed by atoms with E-state index in [2.05, 4.69) is 4.98 Å². The summed E-state index contributed by atoms with van der Waals surface area (Å²) >= 11 is 0. The number of benzene rings is 1. The highest BCUT2D eigenvalue weighted by Crippen LogP contribution is 2.43. The number of carbonyl (C=O) groups is 1. The van der Waals surface area contributed by atoms with E-state index in [0.717, 1.165) is 12.0 Å². The van der Waals surface area contributed by atoms with Gasteiger partial charge in [-0.15, -0.1) is 0 Å². The highest BCUT2D eigenvalue weighted by Gasteiger charge is 2.32. The lowest BCUT2D eigenvalue weighted by atomic mass is 10.0. The van der Waals surface area contributed by atoms with Crippen LogP contribution in [0.2, 0.25) is 0 Å². The van der Waals surface area contributed by atoms with Gasteiger partial charge in [-0.2, -0.15) is 0 Å². The Hall–Kier alpha value is -2.56. The molecule has 5 nitrogen and oxygen atoms in total. The summed E-state index contributed by atoms with van der Waals surface area (Å²) in [5.41, 5.74) is 0.907. The summed E-state index contributed by atoms with van der Waals surface area (Å²) < 4.78 is 11.7. The van der Waals surface area contributed by atoms with Crippen molar-refractivity contribution in [3.8, 4) is 17.2 Å². The molecule has 0 radical (unpaired) electrons. The second kappa shape index (κ2) is 4.77. The molecule has 1 aliphatic heterocycles. The third kappa shape index (κ3) is 2.67. The molecule has 1 N–H and O–H groups in total. The summed E-state index contributed by atoms with van der Waals surface area (Å²) in [6.07, 6.45) is 3.57. The van der Waals surface area contributed by atoms with Gasteiger partial charge in [0.25, 0.3) is 0 Å². The van der Waals surface area contributed by atoms with Gasteiger partial charge in [0.05, 0.1) is 11.8 Å². The smallest absolute Gasteiger partial charge is 0.337 e. The van der Waals surface area contributed by atoms with Gasteiger partial charge >= 0.3 is 5.97 Å². The molecule has 0 spiro atoms. The second-order valence-electron chi connectivity index (χ2n) is 5.60. The number of nitrogens with zero attached hydrogens (tertiary/aromatic N) is 1. The third-order valence-electron chi connectivity index (χ3n) is 3.24. The summed E-state index contributed by atoms with van der Waals surface area (Å²) in [4.78, 5) is 14.8. The minimum Gasteiger partial charge on any atom is -0.483 e. The summed E-state index contributed by atoms with van der Waals surface area (Å²) in [5, 5.41) is 8.98. The van der Waals surface area contributed by atoms with Crippen molar-refractivity contribution < 1.29 is 19.4 Å². The van der Waals surface area contributed by atoms with Crippen LogP contribution in [0, 0.1) is 0 Å². The molecule has 0 bridgehead atoms. The van der Waals surface area contributed by atoms with Crippen LogP contribution in [0.25, 0.3) is 0 Å². The largest absolute Gasteiger partial charge is 0.483 e. The van der Waals surface area contributed by atoms with Gasteiger partial charge in [-0.05, 0) is 26.0 Å². The maximum Gasteiger partial charge on any atom is 0.337 e. The molecule has 1 aromatic heterocycles. The minimum absolute atomic E-state index is 0.0846. The molecule has 21 heavy (non-hydrogen) atoms. The van der Waals surface area contributed by atoms with Gasteiger partial charge in [0.1, 0.15) is 11.4 Å². The molecule has 0 aliphatic carbocycles. The number of carboxylic acids is 1. The van der Waals surface area contributed by atoms with Gasteiger partial charge in [-0.3, -0.25) is 4.98 Å². The summed E-state index contributed by atoms with van der Waals surface area (Å²) in [7, 11) is 0. The highest BCUT2D eigenvalue weighted by molar-refractivity contribution is 5.87. The lowest BCUT2D eigenvalue weighted by Crippen LogP contribution is -2.24. The van der Waals surface area contributed by atoms with Crippen LogP contribution in [0.15, 0.2) is 36.7 Å². The maximum atomic E-state index is 11.0. The van der Waals surface area contributed by atoms with E-state index in [9.17, 15) is 4.79 Å². The number of ether oxygens (including phenoxy) is 2. The number of rotatable bonds is 3. The first-order valence-corrected chi connectivity index (χ1v) is 6.62. The number of pyridine rings is 1. The van der Waals surface area contributed by atoms with E-state index in [-0.39, 0.29) is 11.2 Å². The maximum absolute atomic E-state index is 11.0. The van der Waals surface area contributed by atoms with Crippen molar-refractivity contribution in [1.82, 2.24) is 4.98 Å². The van der Waals surface area contributed by atoms with E-state index < -0.39 is 5.97 Å². The molecule has 0 fully saturated rings. The van der Waals surface area contributed by atoms with Crippen LogP contribution in [-0.4, -0.2) is 21.7 Å². The number of aromatic carboxylic acids is 1. The third-order valence-corrected chi connectivity index (χ3v) is 3.24. The molecule has 3 rings (SSSR count). The molecular formula is C16H15NO4. The molecule has 2 heterocycles. The fourth-order valence-electron chi connectivity index (χ4n) is 2.39. The molecule has 0 atom stereocenters. The van der Waals surface area contributed by atoms with Gasteiger partial charge in [-0.25, -0.2) is 4.79 Å². The SMILES string of the molecule is CC1(C)Cc2cccc(Oc3cncc(C(=O)O)c3)c2O1. The number of hydrogen-bond donors (Lipinski definition) is 1. The summed E-state index contributed by atoms with van der Waals surface area (Å²) in [6.45, 7) is 4.03. The van der Waals surface area contributed by atoms with E-state index in [4.69, 9.17) is 14.6 Å². The van der Waals surface area contributed by atoms with Crippen LogP contribution in [-0.2, 0) is 6.42 Å². The van der Waals surface area contributed by atoms with Crippen molar-refractivity contribution in [2.45, 2.75) is 25.9 Å². The highest BCUT2D eigenvalue weighted by atomic mass is 16.5. The average Bonchev–Trinajstić information content (AvgIpc) is 2.74. The van der Waals surface area contributed by atoms with E-state index in [1.54, 1.807) is 6.07 Å². The molecule has 5 heteroatoms. The van der Waals surface area contributed by atoms with Crippen molar-refractivity contribution in [3.05, 3.63) is 47.8 Å². The predicted octanol–water partition coefficient (Wildman–Crippen LogP) is 3.29. The Balaban J connectivity index is 1.92. The molecule has 0 saturated heterocycles. The van der Waals surface area contributed by atoms with E-state index in [1.807, 2.05) is 26.0 Å². The van der Waals surface area contributed by atoms with Crippen LogP contribution in [0.3, 0.4) is 0 Å². The standard InChI is InChI=1S/C16H15NO4/c1-16(2)7-10-4-3-5-13(14(10)21-16)20-12-6-11(15(18)19)8-17-9-12/h3-6,8-9H,7H2,1-2H3,(H,18,19).